The van der Waals surface area contributed by atoms with Crippen LogP contribution in [0.3, 0.4) is 0 Å². The van der Waals surface area contributed by atoms with Gasteiger partial charge in [0.1, 0.15) is 5.40 Å². The molecule has 0 atom stereocenters. The Morgan fingerprint density at radius 3 is 2.44 bits per heavy atom. The normalized spacial score (nSPS) is 21.2. The van der Waals surface area contributed by atoms with Gasteiger partial charge in [0.15, 0.2) is 0 Å². The molecule has 0 N–H and O–H groups in total. The lowest BCUT2D eigenvalue weighted by molar-refractivity contribution is 0.382. The van der Waals surface area contributed by atoms with Crippen LogP contribution in [0.2, 0.25) is 0 Å². The third kappa shape index (κ3) is 2.25. The van der Waals surface area contributed by atoms with Gasteiger partial charge in [0, 0.05) is 25.0 Å². The van der Waals surface area contributed by atoms with Gasteiger partial charge >= 0.3 is 0 Å². The molecule has 9 heavy (non-hydrogen) atoms. The molecule has 0 aromatic heterocycles. The molecular weight excluding hydrogens is 132 g/mol. The predicted octanol–water partition coefficient (Wildman–Crippen LogP) is 1.60. The Kier molecular flexibility index (Phi) is 2.88. The molecule has 2 nitrogen and oxygen atoms in total. The van der Waals surface area contributed by atoms with Crippen molar-refractivity contribution in [3.8, 4) is 5.40 Å². The SMILES string of the molecule is N#CSN1CCCCC1. The van der Waals surface area contributed by atoms with E-state index in [4.69, 9.17) is 5.26 Å². The van der Waals surface area contributed by atoms with Gasteiger partial charge in [-0.3, -0.25) is 0 Å². The van der Waals surface area contributed by atoms with E-state index in [0.29, 0.717) is 0 Å². The topological polar surface area (TPSA) is 27.0 Å². The molecule has 0 aromatic carbocycles. The highest BCUT2D eigenvalue weighted by atomic mass is 32.2. The molecule has 0 radical (unpaired) electrons. The van der Waals surface area contributed by atoms with E-state index in [2.05, 4.69) is 9.71 Å². The molecule has 0 spiro atoms. The van der Waals surface area contributed by atoms with E-state index in [1.807, 2.05) is 0 Å². The number of nitrogens with zero attached hydrogens (tertiary/aromatic N) is 2. The summed E-state index contributed by atoms with van der Waals surface area (Å²) in [5.41, 5.74) is 0. The molecule has 1 rings (SSSR count). The minimum atomic E-state index is 1.10. The summed E-state index contributed by atoms with van der Waals surface area (Å²) < 4.78 is 2.13. The summed E-state index contributed by atoms with van der Waals surface area (Å²) in [7, 11) is 0. The van der Waals surface area contributed by atoms with E-state index >= 15 is 0 Å². The molecule has 0 amide bonds. The summed E-state index contributed by atoms with van der Waals surface area (Å²) in [5, 5.41) is 10.4. The molecule has 0 saturated carbocycles. The largest absolute Gasteiger partial charge is 0.238 e. The van der Waals surface area contributed by atoms with E-state index < -0.39 is 0 Å². The summed E-state index contributed by atoms with van der Waals surface area (Å²) in [5.74, 6) is 0. The molecule has 1 aliphatic rings. The number of hydrogen-bond donors (Lipinski definition) is 0. The highest BCUT2D eigenvalue weighted by molar-refractivity contribution is 8.01. The van der Waals surface area contributed by atoms with Crippen LogP contribution in [0, 0.1) is 10.7 Å². The first kappa shape index (κ1) is 6.91. The lowest BCUT2D eigenvalue weighted by Gasteiger charge is -2.21. The molecule has 0 aliphatic carbocycles. The predicted molar refractivity (Wildman–Crippen MR) is 38.6 cm³/mol. The molecule has 1 fully saturated rings. The Bertz CT molecular complexity index is 113. The van der Waals surface area contributed by atoms with E-state index in [9.17, 15) is 0 Å². The van der Waals surface area contributed by atoms with Crippen LogP contribution in [-0.2, 0) is 0 Å². The Balaban J connectivity index is 2.17. The molecular formula is C6H10N2S. The van der Waals surface area contributed by atoms with E-state index in [-0.39, 0.29) is 0 Å². The molecule has 0 bridgehead atoms. The van der Waals surface area contributed by atoms with E-state index in [0.717, 1.165) is 13.1 Å². The van der Waals surface area contributed by atoms with Gasteiger partial charge in [-0.15, -0.1) is 0 Å². The smallest absolute Gasteiger partial charge is 0.150 e. The Morgan fingerprint density at radius 2 is 1.89 bits per heavy atom. The maximum absolute atomic E-state index is 8.29. The van der Waals surface area contributed by atoms with Crippen LogP contribution in [0.25, 0.3) is 0 Å². The van der Waals surface area contributed by atoms with Crippen molar-refractivity contribution in [2.24, 2.45) is 0 Å². The van der Waals surface area contributed by atoms with Crippen molar-refractivity contribution in [1.29, 1.82) is 5.26 Å². The maximum atomic E-state index is 8.29. The van der Waals surface area contributed by atoms with Crippen molar-refractivity contribution in [3.05, 3.63) is 0 Å². The third-order valence-electron chi connectivity index (χ3n) is 1.48. The van der Waals surface area contributed by atoms with Crippen LogP contribution in [0.5, 0.6) is 0 Å². The highest BCUT2D eigenvalue weighted by Crippen LogP contribution is 2.15. The lowest BCUT2D eigenvalue weighted by Crippen LogP contribution is -2.22. The zero-order chi connectivity index (χ0) is 6.53. The van der Waals surface area contributed by atoms with Crippen LogP contribution in [0.15, 0.2) is 0 Å². The van der Waals surface area contributed by atoms with Gasteiger partial charge in [-0.05, 0) is 12.8 Å². The van der Waals surface area contributed by atoms with Gasteiger partial charge in [0.05, 0.1) is 0 Å². The van der Waals surface area contributed by atoms with Gasteiger partial charge in [-0.1, -0.05) is 6.42 Å². The summed E-state index contributed by atoms with van der Waals surface area (Å²) >= 11 is 1.29. The molecule has 50 valence electrons. The third-order valence-corrected chi connectivity index (χ3v) is 2.19. The van der Waals surface area contributed by atoms with Crippen LogP contribution in [0.4, 0.5) is 0 Å². The zero-order valence-corrected chi connectivity index (χ0v) is 6.15. The average Bonchev–Trinajstić information content (AvgIpc) is 1.91. The number of rotatable bonds is 1. The molecule has 3 heteroatoms. The molecule has 0 aromatic rings. The summed E-state index contributed by atoms with van der Waals surface area (Å²) in [6.07, 6.45) is 3.85. The van der Waals surface area contributed by atoms with Crippen LogP contribution in [-0.4, -0.2) is 17.4 Å². The number of nitriles is 1. The molecule has 0 unspecified atom stereocenters. The van der Waals surface area contributed by atoms with Gasteiger partial charge in [0.25, 0.3) is 0 Å². The second kappa shape index (κ2) is 3.76. The van der Waals surface area contributed by atoms with Crippen LogP contribution >= 0.6 is 11.9 Å². The summed E-state index contributed by atoms with van der Waals surface area (Å²) in [6.45, 7) is 2.19. The Hall–Kier alpha value is -0.200. The molecule has 1 heterocycles. The first-order chi connectivity index (χ1) is 4.43. The second-order valence-electron chi connectivity index (χ2n) is 2.17. The quantitative estimate of drug-likeness (QED) is 0.411. The Morgan fingerprint density at radius 1 is 1.22 bits per heavy atom. The second-order valence-corrected chi connectivity index (χ2v) is 3.05. The van der Waals surface area contributed by atoms with Gasteiger partial charge in [-0.2, -0.15) is 5.26 Å². The van der Waals surface area contributed by atoms with E-state index in [1.165, 1.54) is 31.2 Å². The van der Waals surface area contributed by atoms with E-state index in [1.54, 1.807) is 0 Å². The standard InChI is InChI=1S/C6H10N2S/c7-6-9-8-4-2-1-3-5-8/h1-5H2. The van der Waals surface area contributed by atoms with Crippen molar-refractivity contribution in [2.75, 3.05) is 13.1 Å². The summed E-state index contributed by atoms with van der Waals surface area (Å²) in [4.78, 5) is 0. The monoisotopic (exact) mass is 142 g/mol. The van der Waals surface area contributed by atoms with Crippen molar-refractivity contribution >= 4 is 11.9 Å². The number of hydrogen-bond acceptors (Lipinski definition) is 3. The van der Waals surface area contributed by atoms with Gasteiger partial charge < -0.3 is 0 Å². The Labute approximate surface area is 60.0 Å². The fourth-order valence-corrected chi connectivity index (χ4v) is 1.57. The minimum Gasteiger partial charge on any atom is -0.238 e. The fraction of sp³-hybridized carbons (Fsp3) is 0.833. The maximum Gasteiger partial charge on any atom is 0.150 e. The first-order valence-electron chi connectivity index (χ1n) is 3.24. The van der Waals surface area contributed by atoms with Crippen molar-refractivity contribution < 1.29 is 0 Å². The van der Waals surface area contributed by atoms with Gasteiger partial charge in [-0.25, -0.2) is 4.31 Å². The van der Waals surface area contributed by atoms with Crippen LogP contribution < -0.4 is 0 Å². The zero-order valence-electron chi connectivity index (χ0n) is 5.34. The van der Waals surface area contributed by atoms with Crippen LogP contribution in [0.1, 0.15) is 19.3 Å². The minimum absolute atomic E-state index is 1.10. The fourth-order valence-electron chi connectivity index (χ4n) is 1.01. The number of thiocyanates is 1. The average molecular weight is 142 g/mol. The first-order valence-corrected chi connectivity index (χ1v) is 4.02. The van der Waals surface area contributed by atoms with Crippen molar-refractivity contribution in [2.45, 2.75) is 19.3 Å². The van der Waals surface area contributed by atoms with Crippen molar-refractivity contribution in [1.82, 2.24) is 4.31 Å². The molecule has 1 aliphatic heterocycles. The van der Waals surface area contributed by atoms with Crippen molar-refractivity contribution in [3.63, 3.8) is 0 Å². The summed E-state index contributed by atoms with van der Waals surface area (Å²) in [6, 6.07) is 0. The lowest BCUT2D eigenvalue weighted by atomic mass is 10.2. The van der Waals surface area contributed by atoms with Gasteiger partial charge in [0.2, 0.25) is 0 Å². The highest BCUT2D eigenvalue weighted by Gasteiger charge is 2.08. The molecule has 1 saturated heterocycles. The number of piperidine rings is 1.